The number of piperidine rings is 1. The van der Waals surface area contributed by atoms with Gasteiger partial charge in [0.25, 0.3) is 11.8 Å². The average molecular weight is 716 g/mol. The third kappa shape index (κ3) is 10.3. The number of fused-ring (bicyclic) bond motifs is 1. The van der Waals surface area contributed by atoms with E-state index in [4.69, 9.17) is 13.9 Å². The number of carbonyl (C=O) groups is 4. The van der Waals surface area contributed by atoms with E-state index in [1.54, 1.807) is 4.90 Å². The van der Waals surface area contributed by atoms with Crippen molar-refractivity contribution in [3.05, 3.63) is 34.9 Å². The molecular weight excluding hydrogens is 655 g/mol. The summed E-state index contributed by atoms with van der Waals surface area (Å²) < 4.78 is 18.2. The highest BCUT2D eigenvalue weighted by molar-refractivity contribution is 6.76. The van der Waals surface area contributed by atoms with E-state index < -0.39 is 34.1 Å². The summed E-state index contributed by atoms with van der Waals surface area (Å²) in [5, 5.41) is 3.26. The van der Waals surface area contributed by atoms with Gasteiger partial charge in [0.05, 0.1) is 0 Å². The van der Waals surface area contributed by atoms with Crippen molar-refractivity contribution in [3.63, 3.8) is 0 Å². The van der Waals surface area contributed by atoms with Gasteiger partial charge in [0.1, 0.15) is 18.4 Å². The third-order valence-corrected chi connectivity index (χ3v) is 16.7. The van der Waals surface area contributed by atoms with Crippen LogP contribution in [0.25, 0.3) is 0 Å². The highest BCUT2D eigenvalue weighted by atomic mass is 28.4. The fraction of sp³-hybridized carbons (Fsp3) is 0.730. The van der Waals surface area contributed by atoms with Crippen LogP contribution in [0.5, 0.6) is 0 Å². The Morgan fingerprint density at radius 3 is 2.31 bits per heavy atom. The van der Waals surface area contributed by atoms with Gasteiger partial charge < -0.3 is 24.1 Å². The summed E-state index contributed by atoms with van der Waals surface area (Å²) in [6.45, 7) is 24.4. The molecule has 2 aliphatic heterocycles. The number of rotatable bonds is 11. The second-order valence-corrected chi connectivity index (χ2v) is 28.4. The third-order valence-electron chi connectivity index (χ3n) is 10.5. The van der Waals surface area contributed by atoms with E-state index in [-0.39, 0.29) is 54.0 Å². The molecule has 1 unspecified atom stereocenters. The van der Waals surface area contributed by atoms with E-state index in [2.05, 4.69) is 64.9 Å². The summed E-state index contributed by atoms with van der Waals surface area (Å²) in [4.78, 5) is 55.5. The number of alkyl carbamates (subject to hydrolysis) is 1. The minimum absolute atomic E-state index is 0.0716. The fourth-order valence-electron chi connectivity index (χ4n) is 6.65. The van der Waals surface area contributed by atoms with Crippen molar-refractivity contribution in [2.75, 3.05) is 13.3 Å². The van der Waals surface area contributed by atoms with Gasteiger partial charge in [-0.05, 0) is 100 Å². The van der Waals surface area contributed by atoms with Gasteiger partial charge in [-0.25, -0.2) is 4.79 Å². The number of likely N-dealkylation sites (tertiary alicyclic amines) is 1. The van der Waals surface area contributed by atoms with Gasteiger partial charge in [-0.3, -0.25) is 19.3 Å². The molecule has 274 valence electrons. The molecule has 0 spiro atoms. The van der Waals surface area contributed by atoms with Crippen molar-refractivity contribution < 1.29 is 33.1 Å². The topological polar surface area (TPSA) is 114 Å². The van der Waals surface area contributed by atoms with Gasteiger partial charge in [0, 0.05) is 45.4 Å². The molecule has 3 aliphatic rings. The highest BCUT2D eigenvalue weighted by Crippen LogP contribution is 2.41. The van der Waals surface area contributed by atoms with E-state index in [1.165, 1.54) is 4.90 Å². The molecule has 12 heteroatoms. The van der Waals surface area contributed by atoms with E-state index in [0.717, 1.165) is 36.4 Å². The van der Waals surface area contributed by atoms with Gasteiger partial charge in [0.2, 0.25) is 5.91 Å². The molecule has 10 nitrogen and oxygen atoms in total. The standard InChI is InChI=1S/C37H61N3O7Si2/c1-36(2,3)46-35(44)38-30-15-13-28(47-49(10,11)37(4,5)6)22-26(30)20-25-12-14-29-27(21-25)23-39(33(29)42)31-16-17-32(41)40(34(31)43)24-45-18-19-48(7,8)9/h12,14,21,26,28,30-31H,13,15-20,22-24H2,1-11H3,(H,38,44)/t26-,28+,30-,31?/m0/s1. The summed E-state index contributed by atoms with van der Waals surface area (Å²) >= 11 is 0. The number of hydrogen-bond acceptors (Lipinski definition) is 7. The molecule has 1 aromatic rings. The van der Waals surface area contributed by atoms with Crippen molar-refractivity contribution >= 4 is 40.2 Å². The molecular formula is C37H61N3O7Si2. The average Bonchev–Trinajstić information content (AvgIpc) is 3.26. The summed E-state index contributed by atoms with van der Waals surface area (Å²) in [5.41, 5.74) is 1.96. The number of nitrogens with one attached hydrogen (secondary N) is 1. The van der Waals surface area contributed by atoms with Crippen LogP contribution in [-0.4, -0.2) is 87.1 Å². The van der Waals surface area contributed by atoms with Crippen molar-refractivity contribution in [1.29, 1.82) is 0 Å². The van der Waals surface area contributed by atoms with Gasteiger partial charge >= 0.3 is 6.09 Å². The smallest absolute Gasteiger partial charge is 0.407 e. The Bertz CT molecular complexity index is 1400. The lowest BCUT2D eigenvalue weighted by Gasteiger charge is -2.43. The van der Waals surface area contributed by atoms with E-state index >= 15 is 0 Å². The molecule has 49 heavy (non-hydrogen) atoms. The first-order valence-electron chi connectivity index (χ1n) is 18.1. The van der Waals surface area contributed by atoms with Gasteiger partial charge in [-0.2, -0.15) is 0 Å². The number of carbonyl (C=O) groups excluding carboxylic acids is 4. The zero-order valence-corrected chi connectivity index (χ0v) is 33.9. The number of amides is 4. The summed E-state index contributed by atoms with van der Waals surface area (Å²) in [7, 11) is -3.30. The largest absolute Gasteiger partial charge is 0.444 e. The van der Waals surface area contributed by atoms with E-state index in [0.29, 0.717) is 31.6 Å². The predicted octanol–water partition coefficient (Wildman–Crippen LogP) is 7.10. The van der Waals surface area contributed by atoms with Crippen molar-refractivity contribution in [2.45, 2.75) is 154 Å². The molecule has 4 amide bonds. The summed E-state index contributed by atoms with van der Waals surface area (Å²) in [6, 6.07) is 6.11. The molecule has 4 rings (SSSR count). The number of imide groups is 1. The molecule has 1 aliphatic carbocycles. The Balaban J connectivity index is 1.47. The lowest BCUT2D eigenvalue weighted by atomic mass is 9.79. The van der Waals surface area contributed by atoms with Crippen molar-refractivity contribution in [2.24, 2.45) is 5.92 Å². The second-order valence-electron chi connectivity index (χ2n) is 18.0. The first-order chi connectivity index (χ1) is 22.5. The van der Waals surface area contributed by atoms with Crippen molar-refractivity contribution in [1.82, 2.24) is 15.1 Å². The fourth-order valence-corrected chi connectivity index (χ4v) is 8.81. The highest BCUT2D eigenvalue weighted by Gasteiger charge is 2.44. The quantitative estimate of drug-likeness (QED) is 0.148. The maximum absolute atomic E-state index is 13.6. The van der Waals surface area contributed by atoms with Crippen LogP contribution >= 0.6 is 0 Å². The number of nitrogens with zero attached hydrogens (tertiary/aromatic N) is 2. The predicted molar refractivity (Wildman–Crippen MR) is 196 cm³/mol. The Hall–Kier alpha value is -2.55. The molecule has 2 fully saturated rings. The van der Waals surface area contributed by atoms with Gasteiger partial charge in [-0.1, -0.05) is 52.5 Å². The number of ether oxygens (including phenoxy) is 2. The number of benzene rings is 1. The van der Waals surface area contributed by atoms with Crippen LogP contribution in [0.15, 0.2) is 18.2 Å². The molecule has 0 aromatic heterocycles. The maximum atomic E-state index is 13.6. The summed E-state index contributed by atoms with van der Waals surface area (Å²) in [6.07, 6.45) is 3.39. The summed E-state index contributed by atoms with van der Waals surface area (Å²) in [5.74, 6) is -0.684. The van der Waals surface area contributed by atoms with E-state index in [9.17, 15) is 19.2 Å². The monoisotopic (exact) mass is 715 g/mol. The molecule has 1 saturated heterocycles. The molecule has 0 radical (unpaired) electrons. The van der Waals surface area contributed by atoms with Crippen LogP contribution in [0.3, 0.4) is 0 Å². The van der Waals surface area contributed by atoms with Crippen LogP contribution in [0.2, 0.25) is 43.8 Å². The first-order valence-corrected chi connectivity index (χ1v) is 24.7. The Morgan fingerprint density at radius 2 is 1.67 bits per heavy atom. The first kappa shape index (κ1) is 39.2. The van der Waals surface area contributed by atoms with Crippen LogP contribution in [0.1, 0.15) is 95.1 Å². The van der Waals surface area contributed by atoms with Crippen molar-refractivity contribution in [3.8, 4) is 0 Å². The lowest BCUT2D eigenvalue weighted by Crippen LogP contribution is -2.55. The van der Waals surface area contributed by atoms with Crippen LogP contribution < -0.4 is 5.32 Å². The Labute approximate surface area is 296 Å². The molecule has 0 bridgehead atoms. The molecule has 1 saturated carbocycles. The number of hydrogen-bond donors (Lipinski definition) is 1. The Kier molecular flexibility index (Phi) is 12.0. The van der Waals surface area contributed by atoms with Crippen LogP contribution in [0.4, 0.5) is 4.79 Å². The second kappa shape index (κ2) is 15.0. The van der Waals surface area contributed by atoms with Crippen LogP contribution in [0, 0.1) is 5.92 Å². The van der Waals surface area contributed by atoms with E-state index in [1.807, 2.05) is 32.9 Å². The Morgan fingerprint density at radius 1 is 0.980 bits per heavy atom. The van der Waals surface area contributed by atoms with Crippen LogP contribution in [-0.2, 0) is 36.5 Å². The van der Waals surface area contributed by atoms with Gasteiger partial charge in [-0.15, -0.1) is 0 Å². The minimum Gasteiger partial charge on any atom is -0.444 e. The normalized spacial score (nSPS) is 23.9. The molecule has 1 aromatic carbocycles. The molecule has 2 heterocycles. The maximum Gasteiger partial charge on any atom is 0.407 e. The lowest BCUT2D eigenvalue weighted by molar-refractivity contribution is -0.158. The zero-order valence-electron chi connectivity index (χ0n) is 31.9. The minimum atomic E-state index is -1.99. The molecule has 1 N–H and O–H groups in total. The molecule has 4 atom stereocenters. The SMILES string of the molecule is CC(C)(C)OC(=O)N[C@H]1CC[C@@H](O[Si](C)(C)C(C)(C)C)C[C@@H]1Cc1ccc2c(c1)CN(C1CCC(=O)N(COCC[Si](C)(C)C)C1=O)C2=O. The zero-order chi connectivity index (χ0) is 36.5. The van der Waals surface area contributed by atoms with Gasteiger partial charge in [0.15, 0.2) is 8.32 Å².